The zero-order chi connectivity index (χ0) is 19.7. The lowest BCUT2D eigenvalue weighted by Gasteiger charge is -2.07. The number of aromatic amines is 1. The molecule has 2 aromatic heterocycles. The van der Waals surface area contributed by atoms with Crippen LogP contribution in [0.5, 0.6) is 11.6 Å². The van der Waals surface area contributed by atoms with Gasteiger partial charge in [-0.15, -0.1) is 0 Å². The lowest BCUT2D eigenvalue weighted by molar-refractivity contribution is 0.306. The molecule has 2 aromatic carbocycles. The van der Waals surface area contributed by atoms with Gasteiger partial charge in [0.1, 0.15) is 17.9 Å². The monoisotopic (exact) mass is 380 g/mol. The molecule has 144 valence electrons. The molecule has 7 nitrogen and oxygen atoms in total. The van der Waals surface area contributed by atoms with E-state index >= 15 is 0 Å². The van der Waals surface area contributed by atoms with Gasteiger partial charge in [-0.3, -0.25) is 4.98 Å². The van der Waals surface area contributed by atoms with Crippen molar-refractivity contribution in [3.63, 3.8) is 0 Å². The lowest BCUT2D eigenvalue weighted by atomic mass is 10.1. The van der Waals surface area contributed by atoms with Gasteiger partial charge >= 0.3 is 5.76 Å². The Hall–Kier alpha value is -3.48. The highest BCUT2D eigenvalue weighted by molar-refractivity contribution is 5.73. The van der Waals surface area contributed by atoms with E-state index in [1.165, 1.54) is 0 Å². The zero-order valence-electron chi connectivity index (χ0n) is 15.6. The minimum atomic E-state index is -0.669. The number of aromatic hydroxyl groups is 1. The number of hydrogen-bond donors (Lipinski definition) is 2. The molecule has 0 aliphatic heterocycles. The van der Waals surface area contributed by atoms with Crippen LogP contribution in [-0.2, 0) is 13.0 Å². The second kappa shape index (κ2) is 7.26. The van der Waals surface area contributed by atoms with Crippen molar-refractivity contribution >= 4 is 11.1 Å². The number of nitrogens with one attached hydrogen (secondary N) is 1. The van der Waals surface area contributed by atoms with Crippen LogP contribution in [0.3, 0.4) is 0 Å². The minimum absolute atomic E-state index is 0.209. The first-order valence-corrected chi connectivity index (χ1v) is 9.00. The van der Waals surface area contributed by atoms with Gasteiger partial charge in [0.15, 0.2) is 17.2 Å². The van der Waals surface area contributed by atoms with Crippen LogP contribution in [0, 0.1) is 0 Å². The Morgan fingerprint density at radius 2 is 1.86 bits per heavy atom. The van der Waals surface area contributed by atoms with E-state index < -0.39 is 5.76 Å². The molecule has 0 aliphatic rings. The summed E-state index contributed by atoms with van der Waals surface area (Å²) in [6.07, 6.45) is 0.311. The van der Waals surface area contributed by atoms with Gasteiger partial charge in [-0.2, -0.15) is 0 Å². The highest BCUT2D eigenvalue weighted by Gasteiger charge is 2.11. The topological polar surface area (TPSA) is 101 Å². The molecule has 4 rings (SSSR count). The summed E-state index contributed by atoms with van der Waals surface area (Å²) in [6.45, 7) is 4.50. The molecule has 28 heavy (non-hydrogen) atoms. The van der Waals surface area contributed by atoms with Crippen LogP contribution in [0.2, 0.25) is 0 Å². The molecule has 0 atom stereocenters. The van der Waals surface area contributed by atoms with Crippen LogP contribution < -0.4 is 10.5 Å². The molecule has 7 heteroatoms. The molecular weight excluding hydrogens is 360 g/mol. The summed E-state index contributed by atoms with van der Waals surface area (Å²) in [4.78, 5) is 17.8. The van der Waals surface area contributed by atoms with Crippen LogP contribution in [0.25, 0.3) is 11.1 Å². The number of H-pyrrole nitrogens is 1. The molecule has 0 spiro atoms. The fourth-order valence-electron chi connectivity index (χ4n) is 2.86. The van der Waals surface area contributed by atoms with Crippen molar-refractivity contribution in [3.8, 4) is 11.6 Å². The number of hydrogen-bond acceptors (Lipinski definition) is 6. The number of benzene rings is 2. The first-order valence-electron chi connectivity index (χ1n) is 9.00. The van der Waals surface area contributed by atoms with E-state index in [1.807, 2.05) is 56.3 Å². The Bertz CT molecular complexity index is 1150. The van der Waals surface area contributed by atoms with Crippen molar-refractivity contribution in [1.29, 1.82) is 0 Å². The van der Waals surface area contributed by atoms with Crippen molar-refractivity contribution in [1.82, 2.24) is 9.97 Å². The number of ether oxygens (including phenoxy) is 1. The van der Waals surface area contributed by atoms with Crippen LogP contribution >= 0.6 is 0 Å². The first-order chi connectivity index (χ1) is 13.5. The van der Waals surface area contributed by atoms with Crippen molar-refractivity contribution in [2.24, 2.45) is 0 Å². The lowest BCUT2D eigenvalue weighted by Crippen LogP contribution is -1.96. The maximum atomic E-state index is 11.1. The highest BCUT2D eigenvalue weighted by Crippen LogP contribution is 2.23. The van der Waals surface area contributed by atoms with Crippen LogP contribution in [0.4, 0.5) is 0 Å². The summed E-state index contributed by atoms with van der Waals surface area (Å²) in [7, 11) is 0. The van der Waals surface area contributed by atoms with E-state index in [0.717, 1.165) is 28.1 Å². The summed E-state index contributed by atoms with van der Waals surface area (Å²) >= 11 is 0. The van der Waals surface area contributed by atoms with Crippen molar-refractivity contribution in [3.05, 3.63) is 75.8 Å². The van der Waals surface area contributed by atoms with Gasteiger partial charge in [-0.05, 0) is 35.4 Å². The zero-order valence-corrected chi connectivity index (χ0v) is 15.6. The van der Waals surface area contributed by atoms with Crippen LogP contribution in [-0.4, -0.2) is 15.1 Å². The smallest absolute Gasteiger partial charge is 0.419 e. The maximum Gasteiger partial charge on any atom is 0.419 e. The van der Waals surface area contributed by atoms with E-state index in [0.29, 0.717) is 18.8 Å². The molecular formula is C21H20N2O5. The molecule has 0 aliphatic carbocycles. The average Bonchev–Trinajstić information content (AvgIpc) is 3.23. The molecule has 0 amide bonds. The standard InChI is InChI=1S/C21H20N2O5/c1-12(2)20-22-16-9-14(5-8-17(16)27-20)11-26-15-6-3-13(4-7-15)10-18-19(24)23-21(25)28-18/h3-9,12,24H,10-11H2,1-2H3,(H,23,25). The third-order valence-corrected chi connectivity index (χ3v) is 4.36. The number of oxazole rings is 2. The van der Waals surface area contributed by atoms with Gasteiger partial charge in [-0.1, -0.05) is 32.0 Å². The summed E-state index contributed by atoms with van der Waals surface area (Å²) in [5.41, 5.74) is 3.49. The predicted molar refractivity (Wildman–Crippen MR) is 103 cm³/mol. The molecule has 0 bridgehead atoms. The number of nitrogens with zero attached hydrogens (tertiary/aromatic N) is 1. The second-order valence-electron chi connectivity index (χ2n) is 6.90. The number of aromatic nitrogens is 2. The Balaban J connectivity index is 1.41. The first kappa shape index (κ1) is 17.9. The number of rotatable bonds is 6. The number of fused-ring (bicyclic) bond motifs is 1. The van der Waals surface area contributed by atoms with Crippen molar-refractivity contribution in [2.45, 2.75) is 32.8 Å². The average molecular weight is 380 g/mol. The second-order valence-corrected chi connectivity index (χ2v) is 6.90. The molecule has 2 heterocycles. The van der Waals surface area contributed by atoms with E-state index in [4.69, 9.17) is 13.6 Å². The maximum absolute atomic E-state index is 11.1. The molecule has 0 unspecified atom stereocenters. The fraction of sp³-hybridized carbons (Fsp3) is 0.238. The van der Waals surface area contributed by atoms with Gasteiger partial charge in [-0.25, -0.2) is 9.78 Å². The SMILES string of the molecule is CC(C)c1nc2cc(COc3ccc(Cc4oc(=O)[nH]c4O)cc3)ccc2o1. The molecule has 2 N–H and O–H groups in total. The summed E-state index contributed by atoms with van der Waals surface area (Å²) in [6, 6.07) is 13.2. The molecule has 4 aromatic rings. The quantitative estimate of drug-likeness (QED) is 0.522. The molecule has 0 radical (unpaired) electrons. The van der Waals surface area contributed by atoms with E-state index in [2.05, 4.69) is 9.97 Å². The predicted octanol–water partition coefficient (Wildman–Crippen LogP) is 4.11. The van der Waals surface area contributed by atoms with Crippen LogP contribution in [0.1, 0.15) is 42.5 Å². The Morgan fingerprint density at radius 1 is 1.11 bits per heavy atom. The van der Waals surface area contributed by atoms with Crippen molar-refractivity contribution < 1.29 is 18.7 Å². The van der Waals surface area contributed by atoms with Gasteiger partial charge in [0, 0.05) is 12.3 Å². The van der Waals surface area contributed by atoms with Gasteiger partial charge in [0.05, 0.1) is 0 Å². The summed E-state index contributed by atoms with van der Waals surface area (Å²) < 4.78 is 16.5. The fourth-order valence-corrected chi connectivity index (χ4v) is 2.86. The van der Waals surface area contributed by atoms with Gasteiger partial charge < -0.3 is 18.7 Å². The van der Waals surface area contributed by atoms with E-state index in [1.54, 1.807) is 0 Å². The highest BCUT2D eigenvalue weighted by atomic mass is 16.5. The normalized spacial score (nSPS) is 11.4. The van der Waals surface area contributed by atoms with Crippen LogP contribution in [0.15, 0.2) is 56.1 Å². The van der Waals surface area contributed by atoms with Gasteiger partial charge in [0.2, 0.25) is 5.88 Å². The van der Waals surface area contributed by atoms with Gasteiger partial charge in [0.25, 0.3) is 0 Å². The largest absolute Gasteiger partial charge is 0.492 e. The van der Waals surface area contributed by atoms with Crippen molar-refractivity contribution in [2.75, 3.05) is 0 Å². The molecule has 0 fully saturated rings. The third kappa shape index (κ3) is 3.78. The Labute approximate surface area is 160 Å². The Kier molecular flexibility index (Phi) is 4.65. The summed E-state index contributed by atoms with van der Waals surface area (Å²) in [5, 5.41) is 9.58. The van der Waals surface area contributed by atoms with E-state index in [-0.39, 0.29) is 17.6 Å². The molecule has 0 saturated carbocycles. The minimum Gasteiger partial charge on any atom is -0.492 e. The Morgan fingerprint density at radius 3 is 2.54 bits per heavy atom. The third-order valence-electron chi connectivity index (χ3n) is 4.36. The van der Waals surface area contributed by atoms with E-state index in [9.17, 15) is 9.90 Å². The molecule has 0 saturated heterocycles. The summed E-state index contributed by atoms with van der Waals surface area (Å²) in [5.74, 6) is 0.984.